The number of carbonyl (C=O) groups is 1. The van der Waals surface area contributed by atoms with Crippen molar-refractivity contribution in [1.82, 2.24) is 5.32 Å². The molecule has 1 atom stereocenters. The topological polar surface area (TPSA) is 66.5 Å². The molecule has 0 aromatic heterocycles. The minimum absolute atomic E-state index is 0.0727. The van der Waals surface area contributed by atoms with Gasteiger partial charge in [-0.3, -0.25) is 9.10 Å². The van der Waals surface area contributed by atoms with Gasteiger partial charge in [0, 0.05) is 24.5 Å². The van der Waals surface area contributed by atoms with Gasteiger partial charge in [0.25, 0.3) is 0 Å². The molecule has 0 spiro atoms. The number of nitrogens with one attached hydrogen (secondary N) is 1. The molecule has 26 heavy (non-hydrogen) atoms. The van der Waals surface area contributed by atoms with Crippen LogP contribution in [0.3, 0.4) is 0 Å². The summed E-state index contributed by atoms with van der Waals surface area (Å²) >= 11 is 5.85. The van der Waals surface area contributed by atoms with Crippen LogP contribution in [0.25, 0.3) is 0 Å². The van der Waals surface area contributed by atoms with Crippen LogP contribution in [0, 0.1) is 5.92 Å². The van der Waals surface area contributed by atoms with Crippen LogP contribution in [0.15, 0.2) is 54.6 Å². The predicted octanol–water partition coefficient (Wildman–Crippen LogP) is 3.10. The number of nitrogens with zero attached hydrogens (tertiary/aromatic N) is 1. The summed E-state index contributed by atoms with van der Waals surface area (Å²) in [6.45, 7) is 1.89. The second-order valence-corrected chi connectivity index (χ2v) is 8.70. The van der Waals surface area contributed by atoms with Gasteiger partial charge >= 0.3 is 0 Å². The highest BCUT2D eigenvalue weighted by atomic mass is 35.5. The average molecular weight is 395 g/mol. The third-order valence-corrected chi connectivity index (χ3v) is 6.12. The van der Waals surface area contributed by atoms with Crippen molar-refractivity contribution in [2.75, 3.05) is 23.7 Å². The maximum absolute atomic E-state index is 12.4. The summed E-state index contributed by atoms with van der Waals surface area (Å²) in [6.07, 6.45) is 0.569. The Bertz CT molecular complexity index is 824. The lowest BCUT2D eigenvalue weighted by Gasteiger charge is -2.20. The number of hydrogen-bond acceptors (Lipinski definition) is 3. The largest absolute Gasteiger partial charge is 0.355 e. The Hall–Kier alpha value is -2.05. The SMILES string of the molecule is CC(Cc1ccc(Cl)cc1)C(=O)NCCS(=O)(=O)N(C)c1ccccc1. The Morgan fingerprint density at radius 2 is 1.73 bits per heavy atom. The Morgan fingerprint density at radius 1 is 1.12 bits per heavy atom. The number of anilines is 1. The maximum atomic E-state index is 12.4. The summed E-state index contributed by atoms with van der Waals surface area (Å²) < 4.78 is 26.0. The van der Waals surface area contributed by atoms with E-state index < -0.39 is 10.0 Å². The molecular weight excluding hydrogens is 372 g/mol. The lowest BCUT2D eigenvalue weighted by Crippen LogP contribution is -2.37. The van der Waals surface area contributed by atoms with Crippen LogP contribution in [-0.4, -0.2) is 33.7 Å². The van der Waals surface area contributed by atoms with E-state index >= 15 is 0 Å². The Balaban J connectivity index is 1.84. The molecule has 0 bridgehead atoms. The number of carbonyl (C=O) groups excluding carboxylic acids is 1. The number of rotatable bonds is 8. The molecule has 1 N–H and O–H groups in total. The van der Waals surface area contributed by atoms with Crippen LogP contribution in [0.2, 0.25) is 5.02 Å². The third-order valence-electron chi connectivity index (χ3n) is 4.10. The average Bonchev–Trinajstić information content (AvgIpc) is 2.63. The summed E-state index contributed by atoms with van der Waals surface area (Å²) in [4.78, 5) is 12.2. The van der Waals surface area contributed by atoms with Crippen molar-refractivity contribution in [3.63, 3.8) is 0 Å². The van der Waals surface area contributed by atoms with E-state index in [-0.39, 0.29) is 24.1 Å². The molecule has 0 aliphatic carbocycles. The van der Waals surface area contributed by atoms with E-state index in [1.165, 1.54) is 11.4 Å². The second-order valence-electron chi connectivity index (χ2n) is 6.14. The number of halogens is 1. The van der Waals surface area contributed by atoms with Crippen molar-refractivity contribution in [3.05, 3.63) is 65.2 Å². The van der Waals surface area contributed by atoms with Crippen molar-refractivity contribution in [2.24, 2.45) is 5.92 Å². The van der Waals surface area contributed by atoms with E-state index in [1.807, 2.05) is 25.1 Å². The molecule has 7 heteroatoms. The smallest absolute Gasteiger partial charge is 0.236 e. The van der Waals surface area contributed by atoms with E-state index in [4.69, 9.17) is 11.6 Å². The van der Waals surface area contributed by atoms with Gasteiger partial charge in [-0.1, -0.05) is 48.9 Å². The van der Waals surface area contributed by atoms with Gasteiger partial charge in [-0.25, -0.2) is 8.42 Å². The fourth-order valence-corrected chi connectivity index (χ4v) is 3.68. The normalized spacial score (nSPS) is 12.4. The highest BCUT2D eigenvalue weighted by molar-refractivity contribution is 7.92. The molecule has 0 aliphatic heterocycles. The van der Waals surface area contributed by atoms with Crippen molar-refractivity contribution < 1.29 is 13.2 Å². The molecular formula is C19H23ClN2O3S. The van der Waals surface area contributed by atoms with E-state index in [0.717, 1.165) is 5.56 Å². The predicted molar refractivity (Wildman–Crippen MR) is 106 cm³/mol. The first-order valence-corrected chi connectivity index (χ1v) is 10.3. The minimum Gasteiger partial charge on any atom is -0.355 e. The van der Waals surface area contributed by atoms with Crippen molar-refractivity contribution >= 4 is 33.2 Å². The monoisotopic (exact) mass is 394 g/mol. The molecule has 0 heterocycles. The van der Waals surface area contributed by atoms with Gasteiger partial charge in [-0.2, -0.15) is 0 Å². The standard InChI is InChI=1S/C19H23ClN2O3S/c1-15(14-16-8-10-17(20)11-9-16)19(23)21-12-13-26(24,25)22(2)18-6-4-3-5-7-18/h3-11,15H,12-14H2,1-2H3,(H,21,23). The Kier molecular flexibility index (Phi) is 7.06. The van der Waals surface area contributed by atoms with Gasteiger partial charge in [-0.05, 0) is 36.2 Å². The van der Waals surface area contributed by atoms with Gasteiger partial charge in [0.05, 0.1) is 11.4 Å². The molecule has 2 aromatic rings. The number of amides is 1. The number of benzene rings is 2. The number of sulfonamides is 1. The summed E-state index contributed by atoms with van der Waals surface area (Å²) in [5.41, 5.74) is 1.60. The quantitative estimate of drug-likeness (QED) is 0.748. The van der Waals surface area contributed by atoms with Crippen LogP contribution >= 0.6 is 11.6 Å². The van der Waals surface area contributed by atoms with E-state index in [9.17, 15) is 13.2 Å². The Morgan fingerprint density at radius 3 is 2.35 bits per heavy atom. The molecule has 2 rings (SSSR count). The summed E-state index contributed by atoms with van der Waals surface area (Å²) in [5, 5.41) is 3.36. The Labute approximate surface area is 160 Å². The van der Waals surface area contributed by atoms with Gasteiger partial charge in [-0.15, -0.1) is 0 Å². The molecule has 0 radical (unpaired) electrons. The summed E-state index contributed by atoms with van der Waals surface area (Å²) in [7, 11) is -1.98. The summed E-state index contributed by atoms with van der Waals surface area (Å²) in [5.74, 6) is -0.583. The van der Waals surface area contributed by atoms with E-state index in [0.29, 0.717) is 17.1 Å². The van der Waals surface area contributed by atoms with Gasteiger partial charge < -0.3 is 5.32 Å². The first kappa shape index (κ1) is 20.3. The minimum atomic E-state index is -3.49. The highest BCUT2D eigenvalue weighted by Gasteiger charge is 2.19. The maximum Gasteiger partial charge on any atom is 0.236 e. The molecule has 5 nitrogen and oxygen atoms in total. The van der Waals surface area contributed by atoms with Crippen LogP contribution in [0.5, 0.6) is 0 Å². The van der Waals surface area contributed by atoms with Crippen molar-refractivity contribution in [2.45, 2.75) is 13.3 Å². The lowest BCUT2D eigenvalue weighted by molar-refractivity contribution is -0.124. The first-order valence-electron chi connectivity index (χ1n) is 8.33. The van der Waals surface area contributed by atoms with Crippen molar-refractivity contribution in [1.29, 1.82) is 0 Å². The van der Waals surface area contributed by atoms with Gasteiger partial charge in [0.1, 0.15) is 0 Å². The molecule has 1 unspecified atom stereocenters. The fourth-order valence-electron chi connectivity index (χ4n) is 2.48. The number of para-hydroxylation sites is 1. The molecule has 0 fully saturated rings. The van der Waals surface area contributed by atoms with Crippen LogP contribution in [0.4, 0.5) is 5.69 Å². The van der Waals surface area contributed by atoms with E-state index in [1.54, 1.807) is 36.4 Å². The van der Waals surface area contributed by atoms with Gasteiger partial charge in [0.15, 0.2) is 0 Å². The van der Waals surface area contributed by atoms with Gasteiger partial charge in [0.2, 0.25) is 15.9 Å². The molecule has 140 valence electrons. The fraction of sp³-hybridized carbons (Fsp3) is 0.316. The molecule has 0 saturated heterocycles. The zero-order valence-electron chi connectivity index (χ0n) is 14.9. The highest BCUT2D eigenvalue weighted by Crippen LogP contribution is 2.15. The molecule has 2 aromatic carbocycles. The first-order chi connectivity index (χ1) is 12.3. The van der Waals surface area contributed by atoms with Crippen LogP contribution in [0.1, 0.15) is 12.5 Å². The molecule has 1 amide bonds. The van der Waals surface area contributed by atoms with Crippen LogP contribution < -0.4 is 9.62 Å². The van der Waals surface area contributed by atoms with E-state index in [2.05, 4.69) is 5.32 Å². The molecule has 0 aliphatic rings. The second kappa shape index (κ2) is 9.05. The van der Waals surface area contributed by atoms with Crippen molar-refractivity contribution in [3.8, 4) is 0 Å². The summed E-state index contributed by atoms with van der Waals surface area (Å²) in [6, 6.07) is 16.2. The zero-order chi connectivity index (χ0) is 19.2. The van der Waals surface area contributed by atoms with Crippen LogP contribution in [-0.2, 0) is 21.2 Å². The zero-order valence-corrected chi connectivity index (χ0v) is 16.4. The molecule has 0 saturated carbocycles. The number of hydrogen-bond donors (Lipinski definition) is 1. The lowest BCUT2D eigenvalue weighted by atomic mass is 10.0. The third kappa shape index (κ3) is 5.75.